The minimum absolute atomic E-state index is 0.278. The lowest BCUT2D eigenvalue weighted by Crippen LogP contribution is -2.31. The smallest absolute Gasteiger partial charge is 0.338 e. The molecule has 0 saturated heterocycles. The van der Waals surface area contributed by atoms with Gasteiger partial charge in [0.2, 0.25) is 0 Å². The summed E-state index contributed by atoms with van der Waals surface area (Å²) in [7, 11) is 0. The second-order valence-corrected chi connectivity index (χ2v) is 4.79. The molecule has 0 aliphatic rings. The van der Waals surface area contributed by atoms with Crippen molar-refractivity contribution in [3.05, 3.63) is 29.3 Å². The highest BCUT2D eigenvalue weighted by Gasteiger charge is 2.13. The predicted molar refractivity (Wildman–Crippen MR) is 73.7 cm³/mol. The van der Waals surface area contributed by atoms with E-state index in [4.69, 9.17) is 10.5 Å². The molecule has 0 radical (unpaired) electrons. The molecule has 0 bridgehead atoms. The third-order valence-corrected chi connectivity index (χ3v) is 2.64. The van der Waals surface area contributed by atoms with Crippen LogP contribution in [0.3, 0.4) is 0 Å². The standard InChI is InChI=1S/C14H20N2O3/c1-9(2)7-16-13(17)8-19-14(18)11-5-4-6-12(15)10(11)3/h4-6,9H,7-8,15H2,1-3H3,(H,16,17). The number of nitrogens with two attached hydrogens (primary N) is 1. The van der Waals surface area contributed by atoms with Crippen LogP contribution in [-0.4, -0.2) is 25.0 Å². The zero-order valence-corrected chi connectivity index (χ0v) is 11.5. The zero-order valence-electron chi connectivity index (χ0n) is 11.5. The van der Waals surface area contributed by atoms with Crippen LogP contribution in [0.15, 0.2) is 18.2 Å². The van der Waals surface area contributed by atoms with E-state index < -0.39 is 5.97 Å². The van der Waals surface area contributed by atoms with Crippen LogP contribution in [0, 0.1) is 12.8 Å². The molecule has 1 aromatic carbocycles. The predicted octanol–water partition coefficient (Wildman–Crippen LogP) is 1.51. The Morgan fingerprint density at radius 1 is 1.37 bits per heavy atom. The quantitative estimate of drug-likeness (QED) is 0.624. The number of esters is 1. The Kier molecular flexibility index (Phi) is 5.36. The first kappa shape index (κ1) is 15.0. The van der Waals surface area contributed by atoms with Crippen molar-refractivity contribution in [2.24, 2.45) is 5.92 Å². The van der Waals surface area contributed by atoms with Gasteiger partial charge in [0.05, 0.1) is 5.56 Å². The van der Waals surface area contributed by atoms with Crippen molar-refractivity contribution >= 4 is 17.6 Å². The van der Waals surface area contributed by atoms with Crippen LogP contribution in [0.2, 0.25) is 0 Å². The van der Waals surface area contributed by atoms with E-state index in [0.717, 1.165) is 0 Å². The van der Waals surface area contributed by atoms with Gasteiger partial charge in [-0.25, -0.2) is 4.79 Å². The summed E-state index contributed by atoms with van der Waals surface area (Å²) in [5.74, 6) is -0.482. The maximum absolute atomic E-state index is 11.8. The molecule has 1 aromatic rings. The van der Waals surface area contributed by atoms with Crippen molar-refractivity contribution in [2.75, 3.05) is 18.9 Å². The monoisotopic (exact) mass is 264 g/mol. The zero-order chi connectivity index (χ0) is 14.4. The van der Waals surface area contributed by atoms with Crippen LogP contribution in [0.1, 0.15) is 29.8 Å². The molecule has 3 N–H and O–H groups in total. The molecule has 5 nitrogen and oxygen atoms in total. The summed E-state index contributed by atoms with van der Waals surface area (Å²) < 4.78 is 4.95. The maximum Gasteiger partial charge on any atom is 0.338 e. The van der Waals surface area contributed by atoms with Gasteiger partial charge in [0, 0.05) is 12.2 Å². The molecule has 0 aliphatic carbocycles. The lowest BCUT2D eigenvalue weighted by molar-refractivity contribution is -0.124. The number of anilines is 1. The number of benzene rings is 1. The fourth-order valence-electron chi connectivity index (χ4n) is 1.45. The third-order valence-electron chi connectivity index (χ3n) is 2.64. The van der Waals surface area contributed by atoms with Crippen LogP contribution in [0.4, 0.5) is 5.69 Å². The molecule has 0 aliphatic heterocycles. The molecule has 19 heavy (non-hydrogen) atoms. The fourth-order valence-corrected chi connectivity index (χ4v) is 1.45. The molecule has 0 fully saturated rings. The number of nitrogens with one attached hydrogen (secondary N) is 1. The average Bonchev–Trinajstić information content (AvgIpc) is 2.36. The lowest BCUT2D eigenvalue weighted by Gasteiger charge is -2.10. The van der Waals surface area contributed by atoms with E-state index in [1.165, 1.54) is 0 Å². The third kappa shape index (κ3) is 4.62. The van der Waals surface area contributed by atoms with Crippen molar-refractivity contribution in [1.29, 1.82) is 0 Å². The summed E-state index contributed by atoms with van der Waals surface area (Å²) in [6.45, 7) is 6.00. The highest BCUT2D eigenvalue weighted by atomic mass is 16.5. The van der Waals surface area contributed by atoms with Crippen molar-refractivity contribution < 1.29 is 14.3 Å². The Hall–Kier alpha value is -2.04. The topological polar surface area (TPSA) is 81.4 Å². The molecular weight excluding hydrogens is 244 g/mol. The minimum atomic E-state index is -0.538. The first-order valence-electron chi connectivity index (χ1n) is 6.20. The average molecular weight is 264 g/mol. The molecule has 5 heteroatoms. The number of ether oxygens (including phenoxy) is 1. The van der Waals surface area contributed by atoms with Gasteiger partial charge < -0.3 is 15.8 Å². The van der Waals surface area contributed by atoms with E-state index >= 15 is 0 Å². The Labute approximate surface area is 113 Å². The van der Waals surface area contributed by atoms with Crippen LogP contribution < -0.4 is 11.1 Å². The molecule has 0 spiro atoms. The number of amides is 1. The molecule has 1 rings (SSSR count). The molecular formula is C14H20N2O3. The highest BCUT2D eigenvalue weighted by molar-refractivity contribution is 5.94. The number of carbonyl (C=O) groups excluding carboxylic acids is 2. The fraction of sp³-hybridized carbons (Fsp3) is 0.429. The van der Waals surface area contributed by atoms with Crippen molar-refractivity contribution in [1.82, 2.24) is 5.32 Å². The molecule has 0 unspecified atom stereocenters. The first-order chi connectivity index (χ1) is 8.91. The molecule has 0 heterocycles. The van der Waals surface area contributed by atoms with Gasteiger partial charge in [-0.15, -0.1) is 0 Å². The summed E-state index contributed by atoms with van der Waals surface area (Å²) in [5.41, 5.74) is 7.28. The van der Waals surface area contributed by atoms with E-state index in [-0.39, 0.29) is 12.5 Å². The van der Waals surface area contributed by atoms with E-state index in [0.29, 0.717) is 29.3 Å². The second kappa shape index (κ2) is 6.78. The van der Waals surface area contributed by atoms with Gasteiger partial charge in [0.25, 0.3) is 5.91 Å². The van der Waals surface area contributed by atoms with Crippen LogP contribution >= 0.6 is 0 Å². The molecule has 1 amide bonds. The molecule has 0 atom stereocenters. The van der Waals surface area contributed by atoms with Gasteiger partial charge in [-0.05, 0) is 30.5 Å². The lowest BCUT2D eigenvalue weighted by atomic mass is 10.1. The maximum atomic E-state index is 11.8. The summed E-state index contributed by atoms with van der Waals surface area (Å²) in [6.07, 6.45) is 0. The highest BCUT2D eigenvalue weighted by Crippen LogP contribution is 2.16. The first-order valence-corrected chi connectivity index (χ1v) is 6.20. The van der Waals surface area contributed by atoms with E-state index in [9.17, 15) is 9.59 Å². The summed E-state index contributed by atoms with van der Waals surface area (Å²) >= 11 is 0. The number of hydrogen-bond acceptors (Lipinski definition) is 4. The number of nitrogen functional groups attached to an aromatic ring is 1. The minimum Gasteiger partial charge on any atom is -0.452 e. The Balaban J connectivity index is 2.52. The van der Waals surface area contributed by atoms with Gasteiger partial charge in [-0.2, -0.15) is 0 Å². The molecule has 0 saturated carbocycles. The molecule has 0 aromatic heterocycles. The van der Waals surface area contributed by atoms with Crippen molar-refractivity contribution in [3.63, 3.8) is 0 Å². The summed E-state index contributed by atoms with van der Waals surface area (Å²) in [4.78, 5) is 23.2. The van der Waals surface area contributed by atoms with Crippen LogP contribution in [0.5, 0.6) is 0 Å². The largest absolute Gasteiger partial charge is 0.452 e. The Morgan fingerprint density at radius 2 is 2.05 bits per heavy atom. The molecule has 104 valence electrons. The number of rotatable bonds is 5. The SMILES string of the molecule is Cc1c(N)cccc1C(=O)OCC(=O)NCC(C)C. The van der Waals surface area contributed by atoms with Gasteiger partial charge in [0.1, 0.15) is 0 Å². The number of carbonyl (C=O) groups is 2. The van der Waals surface area contributed by atoms with E-state index in [1.807, 2.05) is 13.8 Å². The van der Waals surface area contributed by atoms with Crippen LogP contribution in [0.25, 0.3) is 0 Å². The van der Waals surface area contributed by atoms with E-state index in [2.05, 4.69) is 5.32 Å². The van der Waals surface area contributed by atoms with Gasteiger partial charge in [0.15, 0.2) is 6.61 Å². The van der Waals surface area contributed by atoms with Crippen molar-refractivity contribution in [2.45, 2.75) is 20.8 Å². The second-order valence-electron chi connectivity index (χ2n) is 4.79. The van der Waals surface area contributed by atoms with Gasteiger partial charge in [-0.1, -0.05) is 19.9 Å². The Bertz CT molecular complexity index is 470. The summed E-state index contributed by atoms with van der Waals surface area (Å²) in [6, 6.07) is 5.01. The summed E-state index contributed by atoms with van der Waals surface area (Å²) in [5, 5.41) is 2.67. The van der Waals surface area contributed by atoms with Crippen LogP contribution in [-0.2, 0) is 9.53 Å². The van der Waals surface area contributed by atoms with Gasteiger partial charge in [-0.3, -0.25) is 4.79 Å². The van der Waals surface area contributed by atoms with Gasteiger partial charge >= 0.3 is 5.97 Å². The van der Waals surface area contributed by atoms with E-state index in [1.54, 1.807) is 25.1 Å². The van der Waals surface area contributed by atoms with Crippen molar-refractivity contribution in [3.8, 4) is 0 Å². The Morgan fingerprint density at radius 3 is 2.68 bits per heavy atom. The normalized spacial score (nSPS) is 10.3. The number of hydrogen-bond donors (Lipinski definition) is 2.